The number of thioether (sulfide) groups is 1. The highest BCUT2D eigenvalue weighted by molar-refractivity contribution is 7.98. The van der Waals surface area contributed by atoms with Gasteiger partial charge in [-0.15, -0.1) is 11.3 Å². The Balaban J connectivity index is 1.93. The molecule has 0 saturated carbocycles. The fourth-order valence-electron chi connectivity index (χ4n) is 1.97. The maximum Gasteiger partial charge on any atom is 0.317 e. The monoisotopic (exact) mass is 324 g/mol. The van der Waals surface area contributed by atoms with Gasteiger partial charge in [0.15, 0.2) is 5.16 Å². The maximum atomic E-state index is 12.2. The van der Waals surface area contributed by atoms with E-state index < -0.39 is 0 Å². The molecule has 7 heteroatoms. The maximum absolute atomic E-state index is 12.2. The number of nitrogens with one attached hydrogen (secondary N) is 1. The Kier molecular flexibility index (Phi) is 5.30. The van der Waals surface area contributed by atoms with Crippen LogP contribution in [0.1, 0.15) is 23.5 Å². The summed E-state index contributed by atoms with van der Waals surface area (Å²) in [6.45, 7) is 2.51. The SMILES string of the molecule is CSc1ncc(CNC(=O)N(C)[C@@H](C)c2cccs2)n1C. The van der Waals surface area contributed by atoms with E-state index in [4.69, 9.17) is 0 Å². The van der Waals surface area contributed by atoms with Crippen LogP contribution in [-0.4, -0.2) is 33.8 Å². The predicted octanol–water partition coefficient (Wildman–Crippen LogP) is 3.11. The third-order valence-electron chi connectivity index (χ3n) is 3.50. The standard InChI is InChI=1S/C14H20N4OS2/c1-10(12-6-5-7-21-12)17(2)13(19)15-8-11-9-16-14(20-4)18(11)3/h5-7,9-10H,8H2,1-4H3,(H,15,19)/t10-/m0/s1. The lowest BCUT2D eigenvalue weighted by Crippen LogP contribution is -2.38. The van der Waals surface area contributed by atoms with Crippen LogP contribution < -0.4 is 5.32 Å². The molecule has 0 aliphatic carbocycles. The molecular weight excluding hydrogens is 304 g/mol. The van der Waals surface area contributed by atoms with E-state index in [1.54, 1.807) is 34.2 Å². The first-order chi connectivity index (χ1) is 10.0. The fraction of sp³-hybridized carbons (Fsp3) is 0.429. The number of imidazole rings is 1. The molecule has 0 bridgehead atoms. The summed E-state index contributed by atoms with van der Waals surface area (Å²) >= 11 is 3.25. The van der Waals surface area contributed by atoms with E-state index in [-0.39, 0.29) is 12.1 Å². The normalized spacial score (nSPS) is 12.2. The molecule has 1 atom stereocenters. The molecule has 2 aromatic rings. The van der Waals surface area contributed by atoms with Gasteiger partial charge in [0.1, 0.15) is 0 Å². The minimum atomic E-state index is -0.0807. The van der Waals surface area contributed by atoms with Crippen LogP contribution in [0.15, 0.2) is 28.9 Å². The summed E-state index contributed by atoms with van der Waals surface area (Å²) < 4.78 is 1.99. The topological polar surface area (TPSA) is 50.2 Å². The highest BCUT2D eigenvalue weighted by atomic mass is 32.2. The first-order valence-corrected chi connectivity index (χ1v) is 8.73. The van der Waals surface area contributed by atoms with Crippen molar-refractivity contribution in [1.29, 1.82) is 0 Å². The Hall–Kier alpha value is -1.47. The van der Waals surface area contributed by atoms with E-state index in [1.165, 1.54) is 4.88 Å². The zero-order chi connectivity index (χ0) is 15.4. The van der Waals surface area contributed by atoms with E-state index in [0.29, 0.717) is 6.54 Å². The zero-order valence-corrected chi connectivity index (χ0v) is 14.3. The van der Waals surface area contributed by atoms with Crippen LogP contribution in [0.4, 0.5) is 4.79 Å². The van der Waals surface area contributed by atoms with Gasteiger partial charge in [-0.3, -0.25) is 0 Å². The van der Waals surface area contributed by atoms with Crippen LogP contribution >= 0.6 is 23.1 Å². The number of carbonyl (C=O) groups is 1. The highest BCUT2D eigenvalue weighted by Crippen LogP contribution is 2.23. The van der Waals surface area contributed by atoms with Crippen molar-refractivity contribution in [3.8, 4) is 0 Å². The van der Waals surface area contributed by atoms with Gasteiger partial charge >= 0.3 is 6.03 Å². The van der Waals surface area contributed by atoms with Crippen molar-refractivity contribution in [3.63, 3.8) is 0 Å². The van der Waals surface area contributed by atoms with Crippen LogP contribution in [0.3, 0.4) is 0 Å². The molecule has 114 valence electrons. The lowest BCUT2D eigenvalue weighted by molar-refractivity contribution is 0.194. The van der Waals surface area contributed by atoms with E-state index in [2.05, 4.69) is 10.3 Å². The first kappa shape index (κ1) is 15.9. The van der Waals surface area contributed by atoms with Crippen LogP contribution in [-0.2, 0) is 13.6 Å². The molecule has 0 radical (unpaired) electrons. The molecule has 0 aromatic carbocycles. The molecule has 0 unspecified atom stereocenters. The second-order valence-corrected chi connectivity index (χ2v) is 6.51. The molecule has 0 saturated heterocycles. The number of rotatable bonds is 5. The lowest BCUT2D eigenvalue weighted by Gasteiger charge is -2.24. The van der Waals surface area contributed by atoms with Gasteiger partial charge in [-0.25, -0.2) is 9.78 Å². The molecule has 0 fully saturated rings. The number of hydrogen-bond acceptors (Lipinski definition) is 4. The first-order valence-electron chi connectivity index (χ1n) is 6.63. The third kappa shape index (κ3) is 3.59. The largest absolute Gasteiger partial charge is 0.332 e. The molecule has 2 rings (SSSR count). The van der Waals surface area contributed by atoms with Crippen LogP contribution in [0.2, 0.25) is 0 Å². The number of hydrogen-bond donors (Lipinski definition) is 1. The fourth-order valence-corrected chi connectivity index (χ4v) is 3.34. The highest BCUT2D eigenvalue weighted by Gasteiger charge is 2.18. The average Bonchev–Trinajstić information content (AvgIpc) is 3.13. The van der Waals surface area contributed by atoms with Gasteiger partial charge in [-0.1, -0.05) is 17.8 Å². The Morgan fingerprint density at radius 1 is 1.62 bits per heavy atom. The van der Waals surface area contributed by atoms with Crippen LogP contribution in [0.25, 0.3) is 0 Å². The molecule has 0 spiro atoms. The number of amides is 2. The second-order valence-electron chi connectivity index (χ2n) is 4.76. The molecule has 2 heterocycles. The molecule has 5 nitrogen and oxygen atoms in total. The van der Waals surface area contributed by atoms with Crippen molar-refractivity contribution in [2.45, 2.75) is 24.7 Å². The molecule has 2 amide bonds. The number of nitrogens with zero attached hydrogens (tertiary/aromatic N) is 3. The van der Waals surface area contributed by atoms with Crippen LogP contribution in [0, 0.1) is 0 Å². The Morgan fingerprint density at radius 2 is 2.38 bits per heavy atom. The van der Waals surface area contributed by atoms with E-state index in [9.17, 15) is 4.79 Å². The van der Waals surface area contributed by atoms with Crippen molar-refractivity contribution < 1.29 is 4.79 Å². The molecule has 0 aliphatic rings. The summed E-state index contributed by atoms with van der Waals surface area (Å²) in [5.74, 6) is 0. The molecule has 21 heavy (non-hydrogen) atoms. The lowest BCUT2D eigenvalue weighted by atomic mass is 10.2. The van der Waals surface area contributed by atoms with Crippen molar-refractivity contribution in [1.82, 2.24) is 19.8 Å². The summed E-state index contributed by atoms with van der Waals surface area (Å²) in [5.41, 5.74) is 0.991. The second kappa shape index (κ2) is 7.00. The smallest absolute Gasteiger partial charge is 0.317 e. The van der Waals surface area contributed by atoms with Crippen molar-refractivity contribution in [2.75, 3.05) is 13.3 Å². The predicted molar refractivity (Wildman–Crippen MR) is 87.7 cm³/mol. The minimum Gasteiger partial charge on any atom is -0.332 e. The van der Waals surface area contributed by atoms with Gasteiger partial charge in [0.2, 0.25) is 0 Å². The molecule has 0 aliphatic heterocycles. The van der Waals surface area contributed by atoms with Gasteiger partial charge in [0.05, 0.1) is 24.5 Å². The van der Waals surface area contributed by atoms with E-state index in [0.717, 1.165) is 10.9 Å². The Labute approximate surface area is 133 Å². The summed E-state index contributed by atoms with van der Waals surface area (Å²) in [6.07, 6.45) is 3.79. The van der Waals surface area contributed by atoms with E-state index >= 15 is 0 Å². The summed E-state index contributed by atoms with van der Waals surface area (Å²) in [5, 5.41) is 5.91. The zero-order valence-electron chi connectivity index (χ0n) is 12.7. The van der Waals surface area contributed by atoms with Gasteiger partial charge in [0, 0.05) is 19.0 Å². The molecule has 1 N–H and O–H groups in total. The molecular formula is C14H20N4OS2. The number of thiophene rings is 1. The van der Waals surface area contributed by atoms with Gasteiger partial charge < -0.3 is 14.8 Å². The Morgan fingerprint density at radius 3 is 2.95 bits per heavy atom. The number of aromatic nitrogens is 2. The summed E-state index contributed by atoms with van der Waals surface area (Å²) in [4.78, 5) is 19.4. The van der Waals surface area contributed by atoms with Crippen molar-refractivity contribution >= 4 is 29.1 Å². The Bertz CT molecular complexity index is 594. The minimum absolute atomic E-state index is 0.0679. The van der Waals surface area contributed by atoms with Gasteiger partial charge in [-0.05, 0) is 24.6 Å². The van der Waals surface area contributed by atoms with Gasteiger partial charge in [-0.2, -0.15) is 0 Å². The summed E-state index contributed by atoms with van der Waals surface area (Å²) in [7, 11) is 3.77. The van der Waals surface area contributed by atoms with Crippen molar-refractivity contribution in [2.24, 2.45) is 7.05 Å². The van der Waals surface area contributed by atoms with Gasteiger partial charge in [0.25, 0.3) is 0 Å². The average molecular weight is 324 g/mol. The quantitative estimate of drug-likeness (QED) is 0.860. The number of urea groups is 1. The number of carbonyl (C=O) groups excluding carboxylic acids is 1. The van der Waals surface area contributed by atoms with E-state index in [1.807, 2.05) is 49.4 Å². The third-order valence-corrected chi connectivity index (χ3v) is 5.29. The van der Waals surface area contributed by atoms with Crippen LogP contribution in [0.5, 0.6) is 0 Å². The van der Waals surface area contributed by atoms with Crippen molar-refractivity contribution in [3.05, 3.63) is 34.3 Å². The molecule has 2 aromatic heterocycles. The summed E-state index contributed by atoms with van der Waals surface area (Å²) in [6, 6.07) is 4.04.